The number of benzene rings is 2. The molecule has 4 aromatic rings. The average Bonchev–Trinajstić information content (AvgIpc) is 2.84. The zero-order valence-electron chi connectivity index (χ0n) is 16.9. The maximum Gasteiger partial charge on any atom is 0.225 e. The number of hydrogen-bond acceptors (Lipinski definition) is 5. The standard InChI is InChI=1S/C25H25N5/c1-2-8-21(9-3-1)25(12-17-30(18-13-25)24-27-14-6-15-28-24)19-29-23-22-10-5-4-7-20(22)11-16-26-23/h1-11,14-16H,12-13,17-19H2,(H,26,29). The van der Waals surface area contributed by atoms with Crippen LogP contribution in [0.3, 0.4) is 0 Å². The van der Waals surface area contributed by atoms with E-state index in [0.717, 1.165) is 44.2 Å². The lowest BCUT2D eigenvalue weighted by Crippen LogP contribution is -2.47. The molecule has 1 aliphatic heterocycles. The number of piperidine rings is 1. The summed E-state index contributed by atoms with van der Waals surface area (Å²) in [7, 11) is 0. The highest BCUT2D eigenvalue weighted by atomic mass is 15.2. The van der Waals surface area contributed by atoms with E-state index in [4.69, 9.17) is 0 Å². The van der Waals surface area contributed by atoms with Crippen LogP contribution in [0.5, 0.6) is 0 Å². The fourth-order valence-corrected chi connectivity index (χ4v) is 4.46. The van der Waals surface area contributed by atoms with E-state index in [0.29, 0.717) is 0 Å². The predicted molar refractivity (Wildman–Crippen MR) is 122 cm³/mol. The van der Waals surface area contributed by atoms with E-state index in [1.54, 1.807) is 0 Å². The largest absolute Gasteiger partial charge is 0.369 e. The van der Waals surface area contributed by atoms with Gasteiger partial charge in [-0.3, -0.25) is 0 Å². The normalized spacial score (nSPS) is 15.8. The third-order valence-electron chi connectivity index (χ3n) is 6.21. The topological polar surface area (TPSA) is 53.9 Å². The number of nitrogens with zero attached hydrogens (tertiary/aromatic N) is 4. The zero-order valence-corrected chi connectivity index (χ0v) is 16.9. The second-order valence-corrected chi connectivity index (χ2v) is 7.92. The molecule has 0 atom stereocenters. The third-order valence-corrected chi connectivity index (χ3v) is 6.21. The Balaban J connectivity index is 1.41. The Morgan fingerprint density at radius 2 is 1.50 bits per heavy atom. The minimum Gasteiger partial charge on any atom is -0.369 e. The third kappa shape index (κ3) is 3.59. The van der Waals surface area contributed by atoms with Crippen LogP contribution < -0.4 is 10.2 Å². The molecule has 0 spiro atoms. The molecule has 5 nitrogen and oxygen atoms in total. The summed E-state index contributed by atoms with van der Waals surface area (Å²) in [5.74, 6) is 1.78. The van der Waals surface area contributed by atoms with Crippen LogP contribution in [0, 0.1) is 0 Å². The molecule has 0 aliphatic carbocycles. The highest BCUT2D eigenvalue weighted by molar-refractivity contribution is 5.91. The Morgan fingerprint density at radius 3 is 2.30 bits per heavy atom. The SMILES string of the molecule is c1ccc(C2(CNc3nccc4ccccc34)CCN(c3ncccn3)CC2)cc1. The maximum atomic E-state index is 4.64. The summed E-state index contributed by atoms with van der Waals surface area (Å²) in [6.45, 7) is 2.72. The second kappa shape index (κ2) is 8.11. The van der Waals surface area contributed by atoms with Gasteiger partial charge in [-0.1, -0.05) is 54.6 Å². The van der Waals surface area contributed by atoms with Crippen LogP contribution in [0.2, 0.25) is 0 Å². The second-order valence-electron chi connectivity index (χ2n) is 7.92. The van der Waals surface area contributed by atoms with Gasteiger partial charge in [-0.15, -0.1) is 0 Å². The van der Waals surface area contributed by atoms with E-state index in [2.05, 4.69) is 85.8 Å². The molecule has 1 fully saturated rings. The maximum absolute atomic E-state index is 4.64. The van der Waals surface area contributed by atoms with Crippen molar-refractivity contribution in [2.45, 2.75) is 18.3 Å². The van der Waals surface area contributed by atoms with Gasteiger partial charge in [0.2, 0.25) is 5.95 Å². The Morgan fingerprint density at radius 1 is 0.767 bits per heavy atom. The van der Waals surface area contributed by atoms with E-state index in [1.807, 2.05) is 24.7 Å². The van der Waals surface area contributed by atoms with Crippen molar-refractivity contribution in [1.29, 1.82) is 0 Å². The van der Waals surface area contributed by atoms with Crippen molar-refractivity contribution in [2.24, 2.45) is 0 Å². The molecule has 0 unspecified atom stereocenters. The zero-order chi connectivity index (χ0) is 20.2. The van der Waals surface area contributed by atoms with Gasteiger partial charge in [0.05, 0.1) is 0 Å². The smallest absolute Gasteiger partial charge is 0.225 e. The van der Waals surface area contributed by atoms with Crippen molar-refractivity contribution < 1.29 is 0 Å². The summed E-state index contributed by atoms with van der Waals surface area (Å²) in [5.41, 5.74) is 1.43. The van der Waals surface area contributed by atoms with Crippen LogP contribution in [-0.2, 0) is 5.41 Å². The van der Waals surface area contributed by atoms with Crippen molar-refractivity contribution in [2.75, 3.05) is 29.9 Å². The molecule has 0 saturated carbocycles. The number of anilines is 2. The summed E-state index contributed by atoms with van der Waals surface area (Å²) < 4.78 is 0. The van der Waals surface area contributed by atoms with Gasteiger partial charge in [-0.2, -0.15) is 0 Å². The number of hydrogen-bond donors (Lipinski definition) is 1. The molecule has 30 heavy (non-hydrogen) atoms. The highest BCUT2D eigenvalue weighted by Gasteiger charge is 2.36. The first-order valence-corrected chi connectivity index (χ1v) is 10.5. The molecule has 5 rings (SSSR count). The number of fused-ring (bicyclic) bond motifs is 1. The Labute approximate surface area is 176 Å². The lowest BCUT2D eigenvalue weighted by Gasteiger charge is -2.42. The average molecular weight is 396 g/mol. The molecule has 3 heterocycles. The van der Waals surface area contributed by atoms with Crippen LogP contribution in [0.1, 0.15) is 18.4 Å². The van der Waals surface area contributed by atoms with Crippen LogP contribution in [0.4, 0.5) is 11.8 Å². The Hall–Kier alpha value is -3.47. The summed E-state index contributed by atoms with van der Waals surface area (Å²) in [5, 5.41) is 6.06. The summed E-state index contributed by atoms with van der Waals surface area (Å²) in [6, 6.07) is 23.2. The number of aromatic nitrogens is 3. The molecule has 1 saturated heterocycles. The van der Waals surface area contributed by atoms with E-state index in [9.17, 15) is 0 Å². The van der Waals surface area contributed by atoms with Crippen molar-refractivity contribution in [3.8, 4) is 0 Å². The van der Waals surface area contributed by atoms with Crippen molar-refractivity contribution in [3.63, 3.8) is 0 Å². The van der Waals surface area contributed by atoms with Gasteiger partial charge < -0.3 is 10.2 Å². The first-order chi connectivity index (χ1) is 14.8. The van der Waals surface area contributed by atoms with E-state index >= 15 is 0 Å². The first kappa shape index (κ1) is 18.6. The monoisotopic (exact) mass is 395 g/mol. The number of nitrogens with one attached hydrogen (secondary N) is 1. The number of rotatable bonds is 5. The minimum atomic E-state index is 0.0468. The molecule has 0 radical (unpaired) electrons. The van der Waals surface area contributed by atoms with Crippen LogP contribution in [0.15, 0.2) is 85.3 Å². The summed E-state index contributed by atoms with van der Waals surface area (Å²) >= 11 is 0. The van der Waals surface area contributed by atoms with Gasteiger partial charge in [-0.05, 0) is 35.9 Å². The van der Waals surface area contributed by atoms with E-state index < -0.39 is 0 Å². The highest BCUT2D eigenvalue weighted by Crippen LogP contribution is 2.37. The fraction of sp³-hybridized carbons (Fsp3) is 0.240. The molecule has 0 bridgehead atoms. The van der Waals surface area contributed by atoms with Crippen molar-refractivity contribution in [1.82, 2.24) is 15.0 Å². The predicted octanol–water partition coefficient (Wildman–Crippen LogP) is 4.68. The van der Waals surface area contributed by atoms with Gasteiger partial charge in [0.25, 0.3) is 0 Å². The lowest BCUT2D eigenvalue weighted by atomic mass is 9.72. The van der Waals surface area contributed by atoms with E-state index in [-0.39, 0.29) is 5.41 Å². The molecule has 1 aliphatic rings. The molecule has 2 aromatic carbocycles. The van der Waals surface area contributed by atoms with Gasteiger partial charge >= 0.3 is 0 Å². The van der Waals surface area contributed by atoms with E-state index in [1.165, 1.54) is 16.3 Å². The first-order valence-electron chi connectivity index (χ1n) is 10.5. The van der Waals surface area contributed by atoms with Gasteiger partial charge in [0.15, 0.2) is 0 Å². The summed E-state index contributed by atoms with van der Waals surface area (Å²) in [4.78, 5) is 15.8. The van der Waals surface area contributed by atoms with Crippen LogP contribution >= 0.6 is 0 Å². The minimum absolute atomic E-state index is 0.0468. The van der Waals surface area contributed by atoms with Gasteiger partial charge in [0, 0.05) is 49.0 Å². The van der Waals surface area contributed by atoms with Crippen LogP contribution in [-0.4, -0.2) is 34.6 Å². The molecule has 2 aromatic heterocycles. The summed E-state index contributed by atoms with van der Waals surface area (Å²) in [6.07, 6.45) is 7.58. The van der Waals surface area contributed by atoms with Crippen molar-refractivity contribution >= 4 is 22.5 Å². The lowest BCUT2D eigenvalue weighted by molar-refractivity contribution is 0.346. The quantitative estimate of drug-likeness (QED) is 0.532. The Bertz CT molecular complexity index is 1100. The van der Waals surface area contributed by atoms with Crippen molar-refractivity contribution in [3.05, 3.63) is 90.9 Å². The molecular weight excluding hydrogens is 370 g/mol. The molecule has 150 valence electrons. The molecular formula is C25H25N5. The number of pyridine rings is 1. The molecule has 1 N–H and O–H groups in total. The Kier molecular flexibility index (Phi) is 5.01. The molecule has 5 heteroatoms. The fourth-order valence-electron chi connectivity index (χ4n) is 4.46. The van der Waals surface area contributed by atoms with Gasteiger partial charge in [-0.25, -0.2) is 15.0 Å². The van der Waals surface area contributed by atoms with Crippen LogP contribution in [0.25, 0.3) is 10.8 Å². The van der Waals surface area contributed by atoms with Gasteiger partial charge in [0.1, 0.15) is 5.82 Å². The molecule has 0 amide bonds.